The molecule has 2 aromatic rings. The van der Waals surface area contributed by atoms with Gasteiger partial charge in [0.15, 0.2) is 0 Å². The SMILES string of the molecule is CC1CN(C(=O)Cc2cnn(-c3ccccc3)c2)CCO1. The molecule has 0 spiro atoms. The van der Waals surface area contributed by atoms with E-state index in [1.165, 1.54) is 0 Å². The number of nitrogens with zero attached hydrogens (tertiary/aromatic N) is 3. The number of aromatic nitrogens is 2. The van der Waals surface area contributed by atoms with Crippen LogP contribution in [0.5, 0.6) is 0 Å². The monoisotopic (exact) mass is 285 g/mol. The molecule has 21 heavy (non-hydrogen) atoms. The molecule has 1 aromatic carbocycles. The van der Waals surface area contributed by atoms with Crippen LogP contribution in [0.3, 0.4) is 0 Å². The molecule has 1 fully saturated rings. The Kier molecular flexibility index (Phi) is 4.01. The summed E-state index contributed by atoms with van der Waals surface area (Å²) in [6, 6.07) is 9.88. The largest absolute Gasteiger partial charge is 0.375 e. The van der Waals surface area contributed by atoms with Crippen molar-refractivity contribution in [3.63, 3.8) is 0 Å². The van der Waals surface area contributed by atoms with Gasteiger partial charge in [0, 0.05) is 19.3 Å². The molecule has 1 unspecified atom stereocenters. The number of para-hydroxylation sites is 1. The molecule has 0 N–H and O–H groups in total. The first-order valence-electron chi connectivity index (χ1n) is 7.21. The van der Waals surface area contributed by atoms with Crippen LogP contribution in [0.4, 0.5) is 0 Å². The second-order valence-corrected chi connectivity index (χ2v) is 5.33. The van der Waals surface area contributed by atoms with Crippen molar-refractivity contribution in [2.75, 3.05) is 19.7 Å². The molecular weight excluding hydrogens is 266 g/mol. The van der Waals surface area contributed by atoms with E-state index in [0.29, 0.717) is 26.1 Å². The molecular formula is C16H19N3O2. The molecule has 1 atom stereocenters. The van der Waals surface area contributed by atoms with E-state index in [0.717, 1.165) is 11.3 Å². The Morgan fingerprint density at radius 3 is 2.95 bits per heavy atom. The van der Waals surface area contributed by atoms with Crippen LogP contribution in [0, 0.1) is 0 Å². The summed E-state index contributed by atoms with van der Waals surface area (Å²) in [6.45, 7) is 3.96. The Labute approximate surface area is 124 Å². The van der Waals surface area contributed by atoms with E-state index in [9.17, 15) is 4.79 Å². The van der Waals surface area contributed by atoms with Crippen LogP contribution in [0.2, 0.25) is 0 Å². The number of rotatable bonds is 3. The number of carbonyl (C=O) groups excluding carboxylic acids is 1. The third kappa shape index (κ3) is 3.31. The number of hydrogen-bond donors (Lipinski definition) is 0. The highest BCUT2D eigenvalue weighted by molar-refractivity contribution is 5.78. The van der Waals surface area contributed by atoms with Crippen molar-refractivity contribution in [3.05, 3.63) is 48.3 Å². The summed E-state index contributed by atoms with van der Waals surface area (Å²) in [5.74, 6) is 0.137. The molecule has 1 aromatic heterocycles. The Bertz CT molecular complexity index is 609. The lowest BCUT2D eigenvalue weighted by atomic mass is 10.2. The van der Waals surface area contributed by atoms with Crippen LogP contribution < -0.4 is 0 Å². The van der Waals surface area contributed by atoms with E-state index in [2.05, 4.69) is 5.10 Å². The van der Waals surface area contributed by atoms with Crippen LogP contribution in [0.1, 0.15) is 12.5 Å². The molecule has 0 bridgehead atoms. The fourth-order valence-electron chi connectivity index (χ4n) is 2.50. The Balaban J connectivity index is 1.66. The van der Waals surface area contributed by atoms with Crippen molar-refractivity contribution < 1.29 is 9.53 Å². The second kappa shape index (κ2) is 6.10. The minimum absolute atomic E-state index is 0.120. The maximum Gasteiger partial charge on any atom is 0.227 e. The normalized spacial score (nSPS) is 18.7. The topological polar surface area (TPSA) is 47.4 Å². The zero-order valence-corrected chi connectivity index (χ0v) is 12.1. The van der Waals surface area contributed by atoms with Gasteiger partial charge in [-0.2, -0.15) is 5.10 Å². The van der Waals surface area contributed by atoms with Gasteiger partial charge in [0.25, 0.3) is 0 Å². The maximum atomic E-state index is 12.3. The van der Waals surface area contributed by atoms with Crippen molar-refractivity contribution >= 4 is 5.91 Å². The molecule has 5 nitrogen and oxygen atoms in total. The highest BCUT2D eigenvalue weighted by Gasteiger charge is 2.21. The van der Waals surface area contributed by atoms with Gasteiger partial charge in [0.1, 0.15) is 0 Å². The van der Waals surface area contributed by atoms with E-state index in [4.69, 9.17) is 4.74 Å². The third-order valence-electron chi connectivity index (χ3n) is 3.61. The van der Waals surface area contributed by atoms with Gasteiger partial charge in [0.05, 0.1) is 31.0 Å². The van der Waals surface area contributed by atoms with Crippen molar-refractivity contribution in [1.29, 1.82) is 0 Å². The number of morpholine rings is 1. The van der Waals surface area contributed by atoms with Gasteiger partial charge < -0.3 is 9.64 Å². The van der Waals surface area contributed by atoms with Crippen molar-refractivity contribution in [3.8, 4) is 5.69 Å². The number of amides is 1. The molecule has 3 rings (SSSR count). The average molecular weight is 285 g/mol. The van der Waals surface area contributed by atoms with Crippen LogP contribution in [-0.4, -0.2) is 46.4 Å². The second-order valence-electron chi connectivity index (χ2n) is 5.33. The summed E-state index contributed by atoms with van der Waals surface area (Å²) in [5.41, 5.74) is 1.93. The Morgan fingerprint density at radius 2 is 2.19 bits per heavy atom. The zero-order valence-electron chi connectivity index (χ0n) is 12.1. The van der Waals surface area contributed by atoms with Crippen LogP contribution >= 0.6 is 0 Å². The summed E-state index contributed by atoms with van der Waals surface area (Å²) in [5, 5.41) is 4.32. The number of hydrogen-bond acceptors (Lipinski definition) is 3. The molecule has 110 valence electrons. The molecule has 0 radical (unpaired) electrons. The summed E-state index contributed by atoms with van der Waals surface area (Å²) < 4.78 is 7.26. The van der Waals surface area contributed by atoms with Crippen LogP contribution in [-0.2, 0) is 16.0 Å². The molecule has 0 saturated carbocycles. The molecule has 5 heteroatoms. The lowest BCUT2D eigenvalue weighted by Gasteiger charge is -2.31. The summed E-state index contributed by atoms with van der Waals surface area (Å²) in [4.78, 5) is 14.2. The first kappa shape index (κ1) is 13.8. The Morgan fingerprint density at radius 1 is 1.38 bits per heavy atom. The first-order chi connectivity index (χ1) is 10.2. The van der Waals surface area contributed by atoms with Gasteiger partial charge in [-0.25, -0.2) is 4.68 Å². The fraction of sp³-hybridized carbons (Fsp3) is 0.375. The van der Waals surface area contributed by atoms with Crippen molar-refractivity contribution in [2.45, 2.75) is 19.4 Å². The van der Waals surface area contributed by atoms with Gasteiger partial charge in [0.2, 0.25) is 5.91 Å². The highest BCUT2D eigenvalue weighted by Crippen LogP contribution is 2.11. The molecule has 1 aliphatic rings. The van der Waals surface area contributed by atoms with E-state index in [1.807, 2.05) is 48.4 Å². The zero-order chi connectivity index (χ0) is 14.7. The van der Waals surface area contributed by atoms with E-state index >= 15 is 0 Å². The first-order valence-corrected chi connectivity index (χ1v) is 7.21. The smallest absolute Gasteiger partial charge is 0.227 e. The minimum Gasteiger partial charge on any atom is -0.375 e. The summed E-state index contributed by atoms with van der Waals surface area (Å²) in [6.07, 6.45) is 4.18. The molecule has 0 aliphatic carbocycles. The van der Waals surface area contributed by atoms with Gasteiger partial charge >= 0.3 is 0 Å². The van der Waals surface area contributed by atoms with Gasteiger partial charge in [-0.3, -0.25) is 4.79 Å². The van der Waals surface area contributed by atoms with Crippen LogP contribution in [0.25, 0.3) is 5.69 Å². The van der Waals surface area contributed by atoms with Gasteiger partial charge in [-0.15, -0.1) is 0 Å². The van der Waals surface area contributed by atoms with Crippen molar-refractivity contribution in [1.82, 2.24) is 14.7 Å². The van der Waals surface area contributed by atoms with E-state index in [1.54, 1.807) is 10.9 Å². The lowest BCUT2D eigenvalue weighted by molar-refractivity contribution is -0.137. The van der Waals surface area contributed by atoms with Gasteiger partial charge in [-0.1, -0.05) is 18.2 Å². The minimum atomic E-state index is 0.120. The fourth-order valence-corrected chi connectivity index (χ4v) is 2.50. The highest BCUT2D eigenvalue weighted by atomic mass is 16.5. The summed E-state index contributed by atoms with van der Waals surface area (Å²) in [7, 11) is 0. The Hall–Kier alpha value is -2.14. The molecule has 1 aliphatic heterocycles. The number of carbonyl (C=O) groups is 1. The van der Waals surface area contributed by atoms with Crippen molar-refractivity contribution in [2.24, 2.45) is 0 Å². The van der Waals surface area contributed by atoms with E-state index in [-0.39, 0.29) is 12.0 Å². The third-order valence-corrected chi connectivity index (χ3v) is 3.61. The standard InChI is InChI=1S/C16H19N3O2/c1-13-11-18(7-8-21-13)16(20)9-14-10-17-19(12-14)15-5-3-2-4-6-15/h2-6,10,12-13H,7-9,11H2,1H3. The average Bonchev–Trinajstić information content (AvgIpc) is 2.97. The molecule has 1 amide bonds. The molecule has 2 heterocycles. The lowest BCUT2D eigenvalue weighted by Crippen LogP contribution is -2.45. The quantitative estimate of drug-likeness (QED) is 0.861. The van der Waals surface area contributed by atoms with Crippen LogP contribution in [0.15, 0.2) is 42.7 Å². The van der Waals surface area contributed by atoms with Gasteiger partial charge in [-0.05, 0) is 24.6 Å². The number of benzene rings is 1. The molecule has 1 saturated heterocycles. The summed E-state index contributed by atoms with van der Waals surface area (Å²) >= 11 is 0. The predicted octanol–water partition coefficient (Wildman–Crippen LogP) is 1.66. The predicted molar refractivity (Wildman–Crippen MR) is 79.3 cm³/mol. The maximum absolute atomic E-state index is 12.3. The van der Waals surface area contributed by atoms with E-state index < -0.39 is 0 Å². The number of ether oxygens (including phenoxy) is 1.